The molecule has 1 aliphatic rings. The largest absolute Gasteiger partial charge is 0.494 e. The minimum absolute atomic E-state index is 0.217. The first-order valence-electron chi connectivity index (χ1n) is 7.86. The first-order valence-corrected chi connectivity index (χ1v) is 7.86. The smallest absolute Gasteiger partial charge is 0.222 e. The van der Waals surface area contributed by atoms with Crippen LogP contribution in [-0.2, 0) is 4.79 Å². The molecular formula is C17H25NO3. The molecule has 1 aromatic carbocycles. The topological polar surface area (TPSA) is 49.8 Å². The number of benzene rings is 1. The molecule has 1 saturated heterocycles. The van der Waals surface area contributed by atoms with Gasteiger partial charge in [0.1, 0.15) is 5.75 Å². The molecule has 4 nitrogen and oxygen atoms in total. The number of rotatable bonds is 7. The Kier molecular flexibility index (Phi) is 6.54. The Bertz CT molecular complexity index is 419. The van der Waals surface area contributed by atoms with Gasteiger partial charge in [0, 0.05) is 26.1 Å². The Morgan fingerprint density at radius 2 is 2.14 bits per heavy atom. The fourth-order valence-electron chi connectivity index (χ4n) is 2.80. The third kappa shape index (κ3) is 5.38. The lowest BCUT2D eigenvalue weighted by Gasteiger charge is -2.32. The molecule has 1 N–H and O–H groups in total. The second-order valence-electron chi connectivity index (χ2n) is 5.63. The predicted molar refractivity (Wildman–Crippen MR) is 82.2 cm³/mol. The molecule has 0 aliphatic carbocycles. The molecule has 1 atom stereocenters. The summed E-state index contributed by atoms with van der Waals surface area (Å²) in [6.45, 7) is 2.46. The van der Waals surface area contributed by atoms with Gasteiger partial charge in [0.25, 0.3) is 0 Å². The van der Waals surface area contributed by atoms with Gasteiger partial charge in [-0.1, -0.05) is 18.2 Å². The number of ether oxygens (including phenoxy) is 1. The second-order valence-corrected chi connectivity index (χ2v) is 5.63. The monoisotopic (exact) mass is 291 g/mol. The lowest BCUT2D eigenvalue weighted by atomic mass is 9.95. The summed E-state index contributed by atoms with van der Waals surface area (Å²) in [5.41, 5.74) is 0. The van der Waals surface area contributed by atoms with Crippen molar-refractivity contribution < 1.29 is 14.6 Å². The van der Waals surface area contributed by atoms with Crippen molar-refractivity contribution in [2.45, 2.75) is 32.1 Å². The summed E-state index contributed by atoms with van der Waals surface area (Å²) < 4.78 is 5.60. The van der Waals surface area contributed by atoms with Crippen LogP contribution in [0.4, 0.5) is 0 Å². The Morgan fingerprint density at radius 1 is 1.33 bits per heavy atom. The highest BCUT2D eigenvalue weighted by Gasteiger charge is 2.22. The number of para-hydroxylation sites is 1. The molecule has 2 rings (SSSR count). The fraction of sp³-hybridized carbons (Fsp3) is 0.588. The van der Waals surface area contributed by atoms with Crippen molar-refractivity contribution in [3.63, 3.8) is 0 Å². The van der Waals surface area contributed by atoms with E-state index in [4.69, 9.17) is 9.84 Å². The van der Waals surface area contributed by atoms with Crippen LogP contribution < -0.4 is 4.74 Å². The van der Waals surface area contributed by atoms with Crippen LogP contribution in [0.15, 0.2) is 30.3 Å². The number of hydrogen-bond acceptors (Lipinski definition) is 3. The third-order valence-electron chi connectivity index (χ3n) is 3.96. The van der Waals surface area contributed by atoms with Crippen LogP contribution >= 0.6 is 0 Å². The summed E-state index contributed by atoms with van der Waals surface area (Å²) in [4.78, 5) is 14.1. The summed E-state index contributed by atoms with van der Waals surface area (Å²) in [5.74, 6) is 1.54. The molecule has 1 heterocycles. The van der Waals surface area contributed by atoms with Crippen LogP contribution in [0.3, 0.4) is 0 Å². The molecule has 0 bridgehead atoms. The molecular weight excluding hydrogens is 266 g/mol. The molecule has 4 heteroatoms. The van der Waals surface area contributed by atoms with Gasteiger partial charge in [-0.2, -0.15) is 0 Å². The van der Waals surface area contributed by atoms with Gasteiger partial charge in [-0.3, -0.25) is 4.79 Å². The minimum atomic E-state index is 0.217. The Morgan fingerprint density at radius 3 is 2.90 bits per heavy atom. The summed E-state index contributed by atoms with van der Waals surface area (Å²) in [7, 11) is 0. The third-order valence-corrected chi connectivity index (χ3v) is 3.96. The predicted octanol–water partition coefficient (Wildman–Crippen LogP) is 2.47. The van der Waals surface area contributed by atoms with Crippen LogP contribution in [0.2, 0.25) is 0 Å². The number of amides is 1. The molecule has 21 heavy (non-hydrogen) atoms. The molecule has 0 spiro atoms. The van der Waals surface area contributed by atoms with Crippen LogP contribution in [0.5, 0.6) is 5.75 Å². The summed E-state index contributed by atoms with van der Waals surface area (Å²) in [5, 5.41) is 9.00. The first kappa shape index (κ1) is 15.8. The van der Waals surface area contributed by atoms with Gasteiger partial charge in [-0.05, 0) is 43.7 Å². The molecule has 1 aromatic rings. The van der Waals surface area contributed by atoms with Gasteiger partial charge in [0.15, 0.2) is 0 Å². The summed E-state index contributed by atoms with van der Waals surface area (Å²) in [6, 6.07) is 9.68. The summed E-state index contributed by atoms with van der Waals surface area (Å²) in [6.07, 6.45) is 4.27. The van der Waals surface area contributed by atoms with Gasteiger partial charge in [-0.15, -0.1) is 0 Å². The van der Waals surface area contributed by atoms with Crippen molar-refractivity contribution in [2.24, 2.45) is 5.92 Å². The second kappa shape index (κ2) is 8.67. The van der Waals surface area contributed by atoms with E-state index < -0.39 is 0 Å². The van der Waals surface area contributed by atoms with E-state index in [-0.39, 0.29) is 12.5 Å². The van der Waals surface area contributed by atoms with E-state index >= 15 is 0 Å². The lowest BCUT2D eigenvalue weighted by Crippen LogP contribution is -2.40. The normalized spacial score (nSPS) is 18.5. The molecule has 1 aliphatic heterocycles. The van der Waals surface area contributed by atoms with Crippen molar-refractivity contribution in [3.05, 3.63) is 30.3 Å². The number of piperidine rings is 1. The average Bonchev–Trinajstić information content (AvgIpc) is 2.53. The quantitative estimate of drug-likeness (QED) is 0.785. The van der Waals surface area contributed by atoms with E-state index in [9.17, 15) is 4.79 Å². The van der Waals surface area contributed by atoms with E-state index in [2.05, 4.69) is 0 Å². The fourth-order valence-corrected chi connectivity index (χ4v) is 2.80. The Hall–Kier alpha value is -1.55. The number of hydrogen-bond donors (Lipinski definition) is 1. The Balaban J connectivity index is 1.65. The zero-order valence-corrected chi connectivity index (χ0v) is 12.5. The van der Waals surface area contributed by atoms with Crippen LogP contribution in [0.25, 0.3) is 0 Å². The number of nitrogens with zero attached hydrogens (tertiary/aromatic N) is 1. The van der Waals surface area contributed by atoms with E-state index in [1.807, 2.05) is 35.2 Å². The highest BCUT2D eigenvalue weighted by Crippen LogP contribution is 2.20. The molecule has 116 valence electrons. The van der Waals surface area contributed by atoms with Crippen molar-refractivity contribution in [3.8, 4) is 5.75 Å². The van der Waals surface area contributed by atoms with E-state index in [1.165, 1.54) is 0 Å². The van der Waals surface area contributed by atoms with Gasteiger partial charge < -0.3 is 14.7 Å². The minimum Gasteiger partial charge on any atom is -0.494 e. The molecule has 0 radical (unpaired) electrons. The average molecular weight is 291 g/mol. The number of aliphatic hydroxyl groups is 1. The SMILES string of the molecule is O=C(CCCOc1ccccc1)N1CCCC(CCO)C1. The number of carbonyl (C=O) groups excluding carboxylic acids is 1. The van der Waals surface area contributed by atoms with Crippen LogP contribution in [-0.4, -0.2) is 42.2 Å². The van der Waals surface area contributed by atoms with Gasteiger partial charge >= 0.3 is 0 Å². The van der Waals surface area contributed by atoms with Crippen molar-refractivity contribution in [2.75, 3.05) is 26.3 Å². The number of likely N-dealkylation sites (tertiary alicyclic amines) is 1. The summed E-state index contributed by atoms with van der Waals surface area (Å²) >= 11 is 0. The number of carbonyl (C=O) groups is 1. The van der Waals surface area contributed by atoms with E-state index in [1.54, 1.807) is 0 Å². The maximum Gasteiger partial charge on any atom is 0.222 e. The number of aliphatic hydroxyl groups excluding tert-OH is 1. The lowest BCUT2D eigenvalue weighted by molar-refractivity contribution is -0.133. The first-order chi connectivity index (χ1) is 10.3. The zero-order chi connectivity index (χ0) is 14.9. The van der Waals surface area contributed by atoms with Crippen molar-refractivity contribution in [1.82, 2.24) is 4.90 Å². The van der Waals surface area contributed by atoms with Crippen LogP contribution in [0, 0.1) is 5.92 Å². The van der Waals surface area contributed by atoms with Crippen LogP contribution in [0.1, 0.15) is 32.1 Å². The molecule has 0 aromatic heterocycles. The van der Waals surface area contributed by atoms with Gasteiger partial charge in [0.05, 0.1) is 6.61 Å². The molecule has 1 unspecified atom stereocenters. The van der Waals surface area contributed by atoms with Gasteiger partial charge in [-0.25, -0.2) is 0 Å². The molecule has 1 amide bonds. The highest BCUT2D eigenvalue weighted by atomic mass is 16.5. The van der Waals surface area contributed by atoms with E-state index in [0.29, 0.717) is 18.9 Å². The molecule has 0 saturated carbocycles. The van der Waals surface area contributed by atoms with Crippen molar-refractivity contribution in [1.29, 1.82) is 0 Å². The zero-order valence-electron chi connectivity index (χ0n) is 12.5. The highest BCUT2D eigenvalue weighted by molar-refractivity contribution is 5.76. The van der Waals surface area contributed by atoms with Gasteiger partial charge in [0.2, 0.25) is 5.91 Å². The standard InChI is InChI=1S/C17H25NO3/c19-12-10-15-6-4-11-18(14-15)17(20)9-5-13-21-16-7-2-1-3-8-16/h1-3,7-8,15,19H,4-6,9-14H2. The molecule has 1 fully saturated rings. The Labute approximate surface area is 126 Å². The maximum absolute atomic E-state index is 12.2. The maximum atomic E-state index is 12.2. The van der Waals surface area contributed by atoms with E-state index in [0.717, 1.165) is 44.5 Å². The van der Waals surface area contributed by atoms with Crippen molar-refractivity contribution >= 4 is 5.91 Å².